The summed E-state index contributed by atoms with van der Waals surface area (Å²) in [5.74, 6) is 0.787. The second-order valence-corrected chi connectivity index (χ2v) is 9.35. The highest BCUT2D eigenvalue weighted by atomic mass is 79.9. The number of ether oxygens (including phenoxy) is 1. The van der Waals surface area contributed by atoms with E-state index in [2.05, 4.69) is 20.9 Å². The predicted molar refractivity (Wildman–Crippen MR) is 128 cm³/mol. The SMILES string of the molecule is CCOC(=O)C1=C(C)N=c2sc(=Cc3ccc(N(C)C)o3)c(=O)n2C1c1ccc(Br)cc1. The van der Waals surface area contributed by atoms with Gasteiger partial charge in [0.1, 0.15) is 5.76 Å². The van der Waals surface area contributed by atoms with Crippen LogP contribution >= 0.6 is 27.3 Å². The van der Waals surface area contributed by atoms with Gasteiger partial charge in [-0.1, -0.05) is 39.4 Å². The number of nitrogens with zero attached hydrogens (tertiary/aromatic N) is 3. The van der Waals surface area contributed by atoms with E-state index in [1.165, 1.54) is 11.3 Å². The van der Waals surface area contributed by atoms with Gasteiger partial charge in [0.25, 0.3) is 5.56 Å². The lowest BCUT2D eigenvalue weighted by Gasteiger charge is -2.24. The Bertz CT molecular complexity index is 1380. The number of furan rings is 1. The monoisotopic (exact) mass is 515 g/mol. The molecule has 1 atom stereocenters. The first kappa shape index (κ1) is 22.3. The van der Waals surface area contributed by atoms with Gasteiger partial charge in [0.05, 0.1) is 28.5 Å². The number of carbonyl (C=O) groups excluding carboxylic acids is 1. The number of hydrogen-bond donors (Lipinski definition) is 0. The van der Waals surface area contributed by atoms with Crippen LogP contribution in [0, 0.1) is 0 Å². The number of fused-ring (bicyclic) bond motifs is 1. The largest absolute Gasteiger partial charge is 0.463 e. The number of allylic oxidation sites excluding steroid dienone is 1. The van der Waals surface area contributed by atoms with Crippen molar-refractivity contribution in [2.45, 2.75) is 19.9 Å². The molecule has 1 aliphatic rings. The number of anilines is 1. The second kappa shape index (κ2) is 8.91. The zero-order chi connectivity index (χ0) is 23.0. The smallest absolute Gasteiger partial charge is 0.338 e. The molecule has 0 saturated heterocycles. The van der Waals surface area contributed by atoms with Gasteiger partial charge in [0, 0.05) is 30.7 Å². The standard InChI is InChI=1S/C23H22BrN3O4S/c1-5-30-22(29)19-13(2)25-23-27(20(19)14-6-8-15(24)9-7-14)21(28)17(32-23)12-16-10-11-18(31-16)26(3)4/h6-12,20H,5H2,1-4H3. The Morgan fingerprint density at radius 1 is 1.28 bits per heavy atom. The fourth-order valence-electron chi connectivity index (χ4n) is 3.54. The number of benzene rings is 1. The lowest BCUT2D eigenvalue weighted by atomic mass is 9.96. The maximum Gasteiger partial charge on any atom is 0.338 e. The van der Waals surface area contributed by atoms with Crippen LogP contribution in [-0.4, -0.2) is 31.2 Å². The predicted octanol–water partition coefficient (Wildman–Crippen LogP) is 3.22. The van der Waals surface area contributed by atoms with Gasteiger partial charge in [0.15, 0.2) is 10.7 Å². The second-order valence-electron chi connectivity index (χ2n) is 7.42. The maximum absolute atomic E-state index is 13.5. The fraction of sp³-hybridized carbons (Fsp3) is 0.261. The van der Waals surface area contributed by atoms with E-state index in [0.717, 1.165) is 10.0 Å². The molecule has 0 fully saturated rings. The minimum Gasteiger partial charge on any atom is -0.463 e. The average Bonchev–Trinajstić information content (AvgIpc) is 3.33. The van der Waals surface area contributed by atoms with Crippen LogP contribution in [0.25, 0.3) is 6.08 Å². The van der Waals surface area contributed by atoms with Crippen molar-refractivity contribution < 1.29 is 13.9 Å². The number of aromatic nitrogens is 1. The summed E-state index contributed by atoms with van der Waals surface area (Å²) in [5, 5.41) is 0. The van der Waals surface area contributed by atoms with Crippen molar-refractivity contribution in [2.75, 3.05) is 25.6 Å². The van der Waals surface area contributed by atoms with E-state index in [9.17, 15) is 9.59 Å². The van der Waals surface area contributed by atoms with Gasteiger partial charge in [-0.15, -0.1) is 0 Å². The summed E-state index contributed by atoms with van der Waals surface area (Å²) < 4.78 is 14.0. The molecule has 0 aliphatic carbocycles. The summed E-state index contributed by atoms with van der Waals surface area (Å²) in [6, 6.07) is 10.6. The van der Waals surface area contributed by atoms with Crippen LogP contribution in [0.3, 0.4) is 0 Å². The third kappa shape index (κ3) is 4.10. The molecule has 4 rings (SSSR count). The quantitative estimate of drug-likeness (QED) is 0.487. The molecule has 9 heteroatoms. The molecule has 3 aromatic rings. The number of rotatable bonds is 5. The molecule has 0 radical (unpaired) electrons. The Labute approximate surface area is 197 Å². The molecule has 2 aromatic heterocycles. The molecule has 32 heavy (non-hydrogen) atoms. The topological polar surface area (TPSA) is 77.0 Å². The van der Waals surface area contributed by atoms with Crippen LogP contribution < -0.4 is 19.8 Å². The first-order valence-electron chi connectivity index (χ1n) is 10.0. The summed E-state index contributed by atoms with van der Waals surface area (Å²) in [4.78, 5) is 33.3. The van der Waals surface area contributed by atoms with Gasteiger partial charge < -0.3 is 14.1 Å². The molecule has 0 N–H and O–H groups in total. The van der Waals surface area contributed by atoms with Crippen molar-refractivity contribution in [3.63, 3.8) is 0 Å². The van der Waals surface area contributed by atoms with Crippen molar-refractivity contribution in [3.05, 3.63) is 83.2 Å². The Balaban J connectivity index is 1.92. The van der Waals surface area contributed by atoms with Crippen molar-refractivity contribution >= 4 is 45.2 Å². The van der Waals surface area contributed by atoms with E-state index in [-0.39, 0.29) is 12.2 Å². The summed E-state index contributed by atoms with van der Waals surface area (Å²) in [5.41, 5.74) is 1.46. The fourth-order valence-corrected chi connectivity index (χ4v) is 4.83. The van der Waals surface area contributed by atoms with E-state index in [1.807, 2.05) is 55.4 Å². The van der Waals surface area contributed by atoms with Crippen LogP contribution in [0.5, 0.6) is 0 Å². The van der Waals surface area contributed by atoms with Crippen molar-refractivity contribution in [1.82, 2.24) is 4.57 Å². The molecule has 1 unspecified atom stereocenters. The number of carbonyl (C=O) groups is 1. The van der Waals surface area contributed by atoms with Crippen LogP contribution in [0.1, 0.15) is 31.2 Å². The van der Waals surface area contributed by atoms with Crippen LogP contribution in [0.15, 0.2) is 66.3 Å². The van der Waals surface area contributed by atoms with E-state index >= 15 is 0 Å². The molecule has 166 valence electrons. The van der Waals surface area contributed by atoms with Gasteiger partial charge in [-0.2, -0.15) is 0 Å². The van der Waals surface area contributed by atoms with Gasteiger partial charge in [-0.05, 0) is 37.6 Å². The van der Waals surface area contributed by atoms with Gasteiger partial charge in [0.2, 0.25) is 0 Å². The number of thiazole rings is 1. The molecule has 0 saturated carbocycles. The summed E-state index contributed by atoms with van der Waals surface area (Å²) in [6.45, 7) is 3.76. The molecule has 3 heterocycles. The highest BCUT2D eigenvalue weighted by Gasteiger charge is 2.33. The van der Waals surface area contributed by atoms with Crippen LogP contribution in [-0.2, 0) is 9.53 Å². The summed E-state index contributed by atoms with van der Waals surface area (Å²) >= 11 is 4.71. The van der Waals surface area contributed by atoms with Crippen molar-refractivity contribution in [2.24, 2.45) is 4.99 Å². The zero-order valence-corrected chi connectivity index (χ0v) is 20.5. The highest BCUT2D eigenvalue weighted by molar-refractivity contribution is 9.10. The molecular weight excluding hydrogens is 494 g/mol. The number of esters is 1. The van der Waals surface area contributed by atoms with Crippen LogP contribution in [0.4, 0.5) is 5.88 Å². The minimum atomic E-state index is -0.630. The van der Waals surface area contributed by atoms with E-state index in [1.54, 1.807) is 24.5 Å². The molecular formula is C23H22BrN3O4S. The third-order valence-electron chi connectivity index (χ3n) is 5.03. The number of halogens is 1. The zero-order valence-electron chi connectivity index (χ0n) is 18.1. The Kier molecular flexibility index (Phi) is 6.21. The third-order valence-corrected chi connectivity index (χ3v) is 6.54. The normalized spacial score (nSPS) is 16.0. The van der Waals surface area contributed by atoms with Gasteiger partial charge in [-0.3, -0.25) is 9.36 Å². The minimum absolute atomic E-state index is 0.236. The van der Waals surface area contributed by atoms with Crippen LogP contribution in [0.2, 0.25) is 0 Å². The highest BCUT2D eigenvalue weighted by Crippen LogP contribution is 2.31. The Morgan fingerprint density at radius 2 is 2.00 bits per heavy atom. The average molecular weight is 516 g/mol. The molecule has 0 bridgehead atoms. The van der Waals surface area contributed by atoms with Gasteiger partial charge >= 0.3 is 5.97 Å². The van der Waals surface area contributed by atoms with Gasteiger partial charge in [-0.25, -0.2) is 9.79 Å². The maximum atomic E-state index is 13.5. The first-order chi connectivity index (χ1) is 15.3. The number of hydrogen-bond acceptors (Lipinski definition) is 7. The lowest BCUT2D eigenvalue weighted by Crippen LogP contribution is -2.39. The molecule has 1 aromatic carbocycles. The van der Waals surface area contributed by atoms with E-state index in [4.69, 9.17) is 9.15 Å². The first-order valence-corrected chi connectivity index (χ1v) is 11.6. The van der Waals surface area contributed by atoms with E-state index < -0.39 is 12.0 Å². The molecule has 0 amide bonds. The lowest BCUT2D eigenvalue weighted by molar-refractivity contribution is -0.139. The molecule has 0 spiro atoms. The molecule has 7 nitrogen and oxygen atoms in total. The molecule has 1 aliphatic heterocycles. The Hall–Kier alpha value is -2.91. The van der Waals surface area contributed by atoms with E-state index in [0.29, 0.717) is 32.2 Å². The Morgan fingerprint density at radius 3 is 2.62 bits per heavy atom. The van der Waals surface area contributed by atoms with Crippen molar-refractivity contribution in [3.8, 4) is 0 Å². The van der Waals surface area contributed by atoms with Crippen molar-refractivity contribution in [1.29, 1.82) is 0 Å². The summed E-state index contributed by atoms with van der Waals surface area (Å²) in [7, 11) is 3.77. The summed E-state index contributed by atoms with van der Waals surface area (Å²) in [6.07, 6.45) is 1.71.